The molecule has 0 atom stereocenters. The van der Waals surface area contributed by atoms with E-state index >= 15 is 0 Å². The van der Waals surface area contributed by atoms with Crippen LogP contribution in [0.3, 0.4) is 0 Å². The lowest BCUT2D eigenvalue weighted by molar-refractivity contribution is 0.508. The maximum atomic E-state index is 4.54. The summed E-state index contributed by atoms with van der Waals surface area (Å²) in [6, 6.07) is 6.65. The van der Waals surface area contributed by atoms with Gasteiger partial charge in [0.2, 0.25) is 0 Å². The summed E-state index contributed by atoms with van der Waals surface area (Å²) in [5.41, 5.74) is 7.65. The van der Waals surface area contributed by atoms with Crippen molar-refractivity contribution in [2.45, 2.75) is 39.5 Å². The van der Waals surface area contributed by atoms with Gasteiger partial charge in [-0.05, 0) is 31.2 Å². The standard InChI is InChI=1S/C16H18N2/c1-10-5-6-13-12(7-10)8-16(3,4)14-11(2)17-9-18-15(13)14/h5-7,9H,8H2,1-4H3. The smallest absolute Gasteiger partial charge is 0.116 e. The third-order valence-corrected chi connectivity index (χ3v) is 3.86. The molecule has 0 amide bonds. The number of nitrogens with zero attached hydrogens (tertiary/aromatic N) is 2. The zero-order chi connectivity index (χ0) is 12.9. The van der Waals surface area contributed by atoms with Gasteiger partial charge in [-0.3, -0.25) is 0 Å². The molecular formula is C16H18N2. The van der Waals surface area contributed by atoms with Gasteiger partial charge in [0, 0.05) is 16.8 Å². The molecule has 0 saturated carbocycles. The van der Waals surface area contributed by atoms with Gasteiger partial charge in [0.1, 0.15) is 6.33 Å². The lowest BCUT2D eigenvalue weighted by Gasteiger charge is -2.34. The zero-order valence-electron chi connectivity index (χ0n) is 11.4. The highest BCUT2D eigenvalue weighted by molar-refractivity contribution is 5.72. The van der Waals surface area contributed by atoms with Gasteiger partial charge >= 0.3 is 0 Å². The van der Waals surface area contributed by atoms with Gasteiger partial charge in [0.05, 0.1) is 5.69 Å². The van der Waals surface area contributed by atoms with Crippen molar-refractivity contribution >= 4 is 0 Å². The first-order valence-electron chi connectivity index (χ1n) is 6.41. The van der Waals surface area contributed by atoms with Gasteiger partial charge in [-0.15, -0.1) is 0 Å². The molecule has 0 bridgehead atoms. The Labute approximate surface area is 108 Å². The van der Waals surface area contributed by atoms with E-state index in [1.54, 1.807) is 6.33 Å². The van der Waals surface area contributed by atoms with Gasteiger partial charge in [-0.2, -0.15) is 0 Å². The van der Waals surface area contributed by atoms with E-state index in [0.29, 0.717) is 0 Å². The predicted octanol–water partition coefficient (Wildman–Crippen LogP) is 3.59. The number of hydrogen-bond donors (Lipinski definition) is 0. The van der Waals surface area contributed by atoms with Crippen molar-refractivity contribution in [1.29, 1.82) is 0 Å². The third kappa shape index (κ3) is 1.56. The van der Waals surface area contributed by atoms with Crippen molar-refractivity contribution in [1.82, 2.24) is 9.97 Å². The molecule has 0 radical (unpaired) electrons. The highest BCUT2D eigenvalue weighted by Crippen LogP contribution is 2.42. The van der Waals surface area contributed by atoms with Crippen LogP contribution in [0.2, 0.25) is 0 Å². The van der Waals surface area contributed by atoms with Crippen LogP contribution in [0.5, 0.6) is 0 Å². The molecule has 0 saturated heterocycles. The van der Waals surface area contributed by atoms with Crippen molar-refractivity contribution in [3.05, 3.63) is 46.9 Å². The Hall–Kier alpha value is -1.70. The summed E-state index contributed by atoms with van der Waals surface area (Å²) >= 11 is 0. The maximum Gasteiger partial charge on any atom is 0.116 e. The molecule has 0 aliphatic heterocycles. The molecule has 1 aromatic heterocycles. The number of benzene rings is 1. The Morgan fingerprint density at radius 1 is 1.11 bits per heavy atom. The van der Waals surface area contributed by atoms with Crippen molar-refractivity contribution in [2.24, 2.45) is 0 Å². The summed E-state index contributed by atoms with van der Waals surface area (Å²) in [7, 11) is 0. The second-order valence-corrected chi connectivity index (χ2v) is 5.90. The van der Waals surface area contributed by atoms with E-state index < -0.39 is 0 Å². The topological polar surface area (TPSA) is 25.8 Å². The molecule has 3 rings (SSSR count). The second kappa shape index (κ2) is 3.64. The van der Waals surface area contributed by atoms with Crippen LogP contribution in [0.4, 0.5) is 0 Å². The van der Waals surface area contributed by atoms with Crippen molar-refractivity contribution in [2.75, 3.05) is 0 Å². The summed E-state index contributed by atoms with van der Waals surface area (Å²) in [5, 5.41) is 0. The SMILES string of the molecule is Cc1ccc2c(c1)CC(C)(C)c1c(C)ncnc1-2. The Morgan fingerprint density at radius 2 is 1.89 bits per heavy atom. The molecule has 2 aromatic rings. The first kappa shape index (κ1) is 11.4. The fourth-order valence-corrected chi connectivity index (χ4v) is 3.15. The highest BCUT2D eigenvalue weighted by atomic mass is 14.9. The molecule has 2 heteroatoms. The summed E-state index contributed by atoms with van der Waals surface area (Å²) in [6.45, 7) is 8.80. The van der Waals surface area contributed by atoms with Crippen LogP contribution in [-0.2, 0) is 11.8 Å². The lowest BCUT2D eigenvalue weighted by atomic mass is 9.71. The molecule has 0 N–H and O–H groups in total. The first-order chi connectivity index (χ1) is 8.49. The number of aromatic nitrogens is 2. The maximum absolute atomic E-state index is 4.54. The fraction of sp³-hybridized carbons (Fsp3) is 0.375. The molecule has 1 aliphatic rings. The normalized spacial score (nSPS) is 16.0. The average Bonchev–Trinajstić information content (AvgIpc) is 2.27. The number of rotatable bonds is 0. The average molecular weight is 238 g/mol. The van der Waals surface area contributed by atoms with E-state index in [1.807, 2.05) is 0 Å². The van der Waals surface area contributed by atoms with Gasteiger partial charge in [0.25, 0.3) is 0 Å². The minimum Gasteiger partial charge on any atom is -0.241 e. The minimum atomic E-state index is 0.113. The molecule has 2 nitrogen and oxygen atoms in total. The monoisotopic (exact) mass is 238 g/mol. The summed E-state index contributed by atoms with van der Waals surface area (Å²) in [4.78, 5) is 8.90. The Balaban J connectivity index is 2.35. The van der Waals surface area contributed by atoms with Gasteiger partial charge < -0.3 is 0 Å². The Kier molecular flexibility index (Phi) is 2.31. The predicted molar refractivity (Wildman–Crippen MR) is 73.7 cm³/mol. The molecular weight excluding hydrogens is 220 g/mol. The Bertz CT molecular complexity index is 627. The van der Waals surface area contributed by atoms with Crippen LogP contribution < -0.4 is 0 Å². The molecule has 0 unspecified atom stereocenters. The lowest BCUT2D eigenvalue weighted by Crippen LogP contribution is -2.28. The van der Waals surface area contributed by atoms with Crippen LogP contribution in [-0.4, -0.2) is 9.97 Å². The van der Waals surface area contributed by atoms with E-state index in [2.05, 4.69) is 55.9 Å². The van der Waals surface area contributed by atoms with Crippen molar-refractivity contribution in [3.8, 4) is 11.3 Å². The van der Waals surface area contributed by atoms with Crippen LogP contribution in [0.15, 0.2) is 24.5 Å². The van der Waals surface area contributed by atoms with Gasteiger partial charge in [0.15, 0.2) is 0 Å². The second-order valence-electron chi connectivity index (χ2n) is 5.90. The fourth-order valence-electron chi connectivity index (χ4n) is 3.15. The number of hydrogen-bond acceptors (Lipinski definition) is 2. The third-order valence-electron chi connectivity index (χ3n) is 3.86. The highest BCUT2D eigenvalue weighted by Gasteiger charge is 2.33. The van der Waals surface area contributed by atoms with Crippen LogP contribution >= 0.6 is 0 Å². The van der Waals surface area contributed by atoms with Gasteiger partial charge in [-0.1, -0.05) is 37.6 Å². The first-order valence-corrected chi connectivity index (χ1v) is 6.41. The molecule has 92 valence electrons. The summed E-state index contributed by atoms with van der Waals surface area (Å²) < 4.78 is 0. The number of aryl methyl sites for hydroxylation is 2. The van der Waals surface area contributed by atoms with E-state index in [9.17, 15) is 0 Å². The summed E-state index contributed by atoms with van der Waals surface area (Å²) in [6.07, 6.45) is 2.74. The van der Waals surface area contributed by atoms with Crippen LogP contribution in [0.1, 0.15) is 36.2 Å². The molecule has 1 aromatic carbocycles. The largest absolute Gasteiger partial charge is 0.241 e. The molecule has 1 heterocycles. The molecule has 1 aliphatic carbocycles. The van der Waals surface area contributed by atoms with E-state index in [4.69, 9.17) is 0 Å². The minimum absolute atomic E-state index is 0.113. The molecule has 18 heavy (non-hydrogen) atoms. The van der Waals surface area contributed by atoms with E-state index in [0.717, 1.165) is 17.8 Å². The van der Waals surface area contributed by atoms with Gasteiger partial charge in [-0.25, -0.2) is 9.97 Å². The van der Waals surface area contributed by atoms with Crippen LogP contribution in [0, 0.1) is 13.8 Å². The van der Waals surface area contributed by atoms with E-state index in [-0.39, 0.29) is 5.41 Å². The number of fused-ring (bicyclic) bond motifs is 3. The van der Waals surface area contributed by atoms with Crippen LogP contribution in [0.25, 0.3) is 11.3 Å². The van der Waals surface area contributed by atoms with E-state index in [1.165, 1.54) is 22.3 Å². The van der Waals surface area contributed by atoms with Crippen molar-refractivity contribution < 1.29 is 0 Å². The molecule has 0 spiro atoms. The molecule has 0 fully saturated rings. The summed E-state index contributed by atoms with van der Waals surface area (Å²) in [5.74, 6) is 0. The zero-order valence-corrected chi connectivity index (χ0v) is 11.4. The van der Waals surface area contributed by atoms with Crippen molar-refractivity contribution in [3.63, 3.8) is 0 Å². The quantitative estimate of drug-likeness (QED) is 0.701. The Morgan fingerprint density at radius 3 is 2.67 bits per heavy atom.